The Labute approximate surface area is 198 Å². The van der Waals surface area contributed by atoms with E-state index in [1.165, 1.54) is 11.8 Å². The van der Waals surface area contributed by atoms with Gasteiger partial charge in [-0.1, -0.05) is 58.5 Å². The summed E-state index contributed by atoms with van der Waals surface area (Å²) in [5, 5.41) is 14.9. The number of carbonyl (C=O) groups excluding carboxylic acids is 1. The molecular weight excluding hydrogens is 475 g/mol. The molecule has 1 fully saturated rings. The van der Waals surface area contributed by atoms with E-state index in [4.69, 9.17) is 35.4 Å². The second kappa shape index (κ2) is 9.86. The number of rotatable bonds is 7. The molecule has 0 aliphatic carbocycles. The van der Waals surface area contributed by atoms with Crippen LogP contribution in [0.2, 0.25) is 10.0 Å². The fourth-order valence-electron chi connectivity index (χ4n) is 3.05. The van der Waals surface area contributed by atoms with Crippen LogP contribution < -0.4 is 0 Å². The maximum absolute atomic E-state index is 12.8. The number of pyridine rings is 1. The van der Waals surface area contributed by atoms with E-state index in [9.17, 15) is 4.79 Å². The number of thioether (sulfide) groups is 1. The van der Waals surface area contributed by atoms with Crippen molar-refractivity contribution in [3.63, 3.8) is 0 Å². The third-order valence-corrected chi connectivity index (χ3v) is 6.48. The van der Waals surface area contributed by atoms with Crippen molar-refractivity contribution in [2.75, 3.05) is 6.54 Å². The van der Waals surface area contributed by atoms with Crippen molar-refractivity contribution in [3.8, 4) is 11.3 Å². The molecule has 3 heterocycles. The predicted molar refractivity (Wildman–Crippen MR) is 127 cm³/mol. The molecule has 1 aromatic carbocycles. The zero-order chi connectivity index (χ0) is 21.8. The molecule has 158 valence electrons. The molecule has 1 aliphatic heterocycles. The molecule has 0 radical (unpaired) electrons. The predicted octanol–water partition coefficient (Wildman–Crippen LogP) is 4.79. The lowest BCUT2D eigenvalue weighted by atomic mass is 10.1. The molecule has 1 saturated heterocycles. The summed E-state index contributed by atoms with van der Waals surface area (Å²) < 4.78 is 0.549. The van der Waals surface area contributed by atoms with E-state index in [0.29, 0.717) is 49.4 Å². The number of unbranched alkanes of at least 4 members (excludes halogenated alkanes) is 1. The zero-order valence-electron chi connectivity index (χ0n) is 16.1. The molecule has 0 unspecified atom stereocenters. The van der Waals surface area contributed by atoms with Crippen LogP contribution in [0.3, 0.4) is 0 Å². The summed E-state index contributed by atoms with van der Waals surface area (Å²) >= 11 is 19.0. The van der Waals surface area contributed by atoms with Crippen molar-refractivity contribution < 1.29 is 4.79 Å². The normalized spacial score (nSPS) is 15.3. The molecule has 0 saturated carbocycles. The Morgan fingerprint density at radius 1 is 1.19 bits per heavy atom. The molecule has 1 N–H and O–H groups in total. The molecule has 3 aromatic rings. The third kappa shape index (κ3) is 5.30. The Bertz CT molecular complexity index is 1150. The topological polar surface area (TPSA) is 87.7 Å². The molecule has 0 bridgehead atoms. The first kappa shape index (κ1) is 21.9. The molecule has 0 spiro atoms. The molecule has 0 atom stereocenters. The monoisotopic (exact) mass is 490 g/mol. The fourth-order valence-corrected chi connectivity index (χ4v) is 4.85. The Morgan fingerprint density at radius 3 is 2.84 bits per heavy atom. The quantitative estimate of drug-likeness (QED) is 0.289. The van der Waals surface area contributed by atoms with Crippen LogP contribution >= 0.6 is 47.2 Å². The zero-order valence-corrected chi connectivity index (χ0v) is 19.2. The standard InChI is InChI=1S/C20H16Cl2N6OS2/c21-12-7-8-14(15(22)10-12)16-5-3-4-13(23-16)11-17-19(29)28(20(30)31-17)9-2-1-6-18-24-26-27-25-18/h3-5,7-8,10-11H,1-2,6,9H2,(H,24,25,26,27)/b17-11-. The molecule has 1 aliphatic rings. The number of benzene rings is 1. The lowest BCUT2D eigenvalue weighted by Gasteiger charge is -2.13. The SMILES string of the molecule is O=C1/C(=C/c2cccc(-c3ccc(Cl)cc3Cl)n2)SC(=S)N1CCCCc1nn[nH]n1. The summed E-state index contributed by atoms with van der Waals surface area (Å²) in [4.78, 5) is 19.6. The summed E-state index contributed by atoms with van der Waals surface area (Å²) in [6.45, 7) is 0.549. The first-order valence-electron chi connectivity index (χ1n) is 9.41. The van der Waals surface area contributed by atoms with Gasteiger partial charge in [0.25, 0.3) is 5.91 Å². The average molecular weight is 491 g/mol. The lowest BCUT2D eigenvalue weighted by molar-refractivity contribution is -0.122. The number of amides is 1. The van der Waals surface area contributed by atoms with Gasteiger partial charge in [-0.05, 0) is 49.2 Å². The number of carbonyl (C=O) groups is 1. The van der Waals surface area contributed by atoms with Crippen LogP contribution in [0.25, 0.3) is 17.3 Å². The van der Waals surface area contributed by atoms with E-state index >= 15 is 0 Å². The first-order valence-corrected chi connectivity index (χ1v) is 11.4. The van der Waals surface area contributed by atoms with Crippen LogP contribution in [0.15, 0.2) is 41.3 Å². The summed E-state index contributed by atoms with van der Waals surface area (Å²) in [5.74, 6) is 0.559. The molecular formula is C20H16Cl2N6OS2. The number of aryl methyl sites for hydroxylation is 1. The van der Waals surface area contributed by atoms with E-state index in [1.807, 2.05) is 24.3 Å². The number of halogens is 2. The van der Waals surface area contributed by atoms with Gasteiger partial charge in [-0.2, -0.15) is 5.21 Å². The first-order chi connectivity index (χ1) is 15.0. The number of hydrogen-bond donors (Lipinski definition) is 1. The molecule has 1 amide bonds. The van der Waals surface area contributed by atoms with E-state index < -0.39 is 0 Å². The largest absolute Gasteiger partial charge is 0.293 e. The van der Waals surface area contributed by atoms with E-state index in [-0.39, 0.29) is 5.91 Å². The minimum absolute atomic E-state index is 0.105. The summed E-state index contributed by atoms with van der Waals surface area (Å²) in [6.07, 6.45) is 4.08. The Balaban J connectivity index is 1.44. The highest BCUT2D eigenvalue weighted by Crippen LogP contribution is 2.33. The van der Waals surface area contributed by atoms with E-state index in [0.717, 1.165) is 18.4 Å². The van der Waals surface area contributed by atoms with Crippen LogP contribution in [-0.4, -0.2) is 47.3 Å². The van der Waals surface area contributed by atoms with Crippen molar-refractivity contribution in [1.29, 1.82) is 0 Å². The number of thiocarbonyl (C=S) groups is 1. The van der Waals surface area contributed by atoms with Crippen LogP contribution in [0, 0.1) is 0 Å². The highest BCUT2D eigenvalue weighted by Gasteiger charge is 2.31. The van der Waals surface area contributed by atoms with E-state index in [1.54, 1.807) is 23.1 Å². The van der Waals surface area contributed by atoms with E-state index in [2.05, 4.69) is 25.6 Å². The highest BCUT2D eigenvalue weighted by atomic mass is 35.5. The number of aromatic nitrogens is 5. The lowest BCUT2D eigenvalue weighted by Crippen LogP contribution is -2.29. The van der Waals surface area contributed by atoms with Crippen LogP contribution in [0.4, 0.5) is 0 Å². The summed E-state index contributed by atoms with van der Waals surface area (Å²) in [5.41, 5.74) is 2.13. The van der Waals surface area contributed by atoms with Gasteiger partial charge in [-0.25, -0.2) is 4.98 Å². The molecule has 2 aromatic heterocycles. The molecule has 7 nitrogen and oxygen atoms in total. The minimum atomic E-state index is -0.105. The number of nitrogens with one attached hydrogen (secondary N) is 1. The second-order valence-corrected chi connectivity index (χ2v) is 9.21. The van der Waals surface area contributed by atoms with Crippen molar-refractivity contribution in [2.45, 2.75) is 19.3 Å². The number of tetrazole rings is 1. The van der Waals surface area contributed by atoms with Gasteiger partial charge in [0.05, 0.1) is 21.3 Å². The van der Waals surface area contributed by atoms with Gasteiger partial charge >= 0.3 is 0 Å². The third-order valence-electron chi connectivity index (χ3n) is 4.55. The maximum atomic E-state index is 12.8. The van der Waals surface area contributed by atoms with Gasteiger partial charge in [-0.15, -0.1) is 10.2 Å². The van der Waals surface area contributed by atoms with Crippen LogP contribution in [0.5, 0.6) is 0 Å². The molecule has 4 rings (SSSR count). The van der Waals surface area contributed by atoms with Gasteiger partial charge in [-0.3, -0.25) is 9.69 Å². The number of aromatic amines is 1. The summed E-state index contributed by atoms with van der Waals surface area (Å²) in [7, 11) is 0. The van der Waals surface area contributed by atoms with Gasteiger partial charge in [0.1, 0.15) is 4.32 Å². The van der Waals surface area contributed by atoms with Gasteiger partial charge in [0.15, 0.2) is 5.82 Å². The van der Waals surface area contributed by atoms with Crippen LogP contribution in [0.1, 0.15) is 24.4 Å². The van der Waals surface area contributed by atoms with Crippen molar-refractivity contribution >= 4 is 63.5 Å². The fraction of sp³-hybridized carbons (Fsp3) is 0.200. The number of nitrogens with zero attached hydrogens (tertiary/aromatic N) is 5. The second-order valence-electron chi connectivity index (χ2n) is 6.69. The number of hydrogen-bond acceptors (Lipinski definition) is 7. The smallest absolute Gasteiger partial charge is 0.266 e. The van der Waals surface area contributed by atoms with Crippen LogP contribution in [-0.2, 0) is 11.2 Å². The van der Waals surface area contributed by atoms with Crippen molar-refractivity contribution in [1.82, 2.24) is 30.5 Å². The Morgan fingerprint density at radius 2 is 2.06 bits per heavy atom. The van der Waals surface area contributed by atoms with Crippen molar-refractivity contribution in [2.24, 2.45) is 0 Å². The Hall–Kier alpha value is -2.33. The maximum Gasteiger partial charge on any atom is 0.266 e. The number of H-pyrrole nitrogens is 1. The average Bonchev–Trinajstić information content (AvgIpc) is 3.35. The highest BCUT2D eigenvalue weighted by molar-refractivity contribution is 8.26. The van der Waals surface area contributed by atoms with Gasteiger partial charge in [0.2, 0.25) is 0 Å². The molecule has 11 heteroatoms. The molecule has 31 heavy (non-hydrogen) atoms. The van der Waals surface area contributed by atoms with Crippen molar-refractivity contribution in [3.05, 3.63) is 62.9 Å². The minimum Gasteiger partial charge on any atom is -0.293 e. The Kier molecular flexibility index (Phi) is 6.96. The van der Waals surface area contributed by atoms with Gasteiger partial charge < -0.3 is 0 Å². The van der Waals surface area contributed by atoms with Gasteiger partial charge in [0, 0.05) is 23.6 Å². The summed E-state index contributed by atoms with van der Waals surface area (Å²) in [6, 6.07) is 10.8.